The first-order chi connectivity index (χ1) is 12.6. The fourth-order valence-corrected chi connectivity index (χ4v) is 2.96. The van der Waals surface area contributed by atoms with Gasteiger partial charge in [0.1, 0.15) is 11.5 Å². The lowest BCUT2D eigenvalue weighted by atomic mass is 10.2. The Morgan fingerprint density at radius 2 is 1.69 bits per heavy atom. The van der Waals surface area contributed by atoms with E-state index in [1.807, 2.05) is 18.2 Å². The minimum Gasteiger partial charge on any atom is -0.492 e. The second-order valence-electron chi connectivity index (χ2n) is 5.57. The molecule has 0 amide bonds. The van der Waals surface area contributed by atoms with Gasteiger partial charge in [0, 0.05) is 11.4 Å². The number of benzene rings is 3. The lowest BCUT2D eigenvalue weighted by Crippen LogP contribution is -2.09. The molecule has 0 spiro atoms. The average Bonchev–Trinajstić information content (AvgIpc) is 2.65. The Morgan fingerprint density at radius 1 is 0.962 bits per heavy atom. The Morgan fingerprint density at radius 3 is 2.38 bits per heavy atom. The van der Waals surface area contributed by atoms with Crippen LogP contribution in [0.5, 0.6) is 11.5 Å². The van der Waals surface area contributed by atoms with Crippen LogP contribution in [0.15, 0.2) is 77.3 Å². The van der Waals surface area contributed by atoms with Gasteiger partial charge in [-0.05, 0) is 64.0 Å². The molecule has 0 aliphatic carbocycles. The first-order valence-electron chi connectivity index (χ1n) is 8.06. The van der Waals surface area contributed by atoms with Crippen LogP contribution in [0.25, 0.3) is 0 Å². The first kappa shape index (κ1) is 18.5. The summed E-state index contributed by atoms with van der Waals surface area (Å²) < 4.78 is 11.8. The molecular formula is C21H16BrClO3. The zero-order valence-electron chi connectivity index (χ0n) is 13.8. The number of halogens is 2. The van der Waals surface area contributed by atoms with Crippen LogP contribution in [0.4, 0.5) is 0 Å². The molecule has 3 aromatic carbocycles. The van der Waals surface area contributed by atoms with E-state index in [0.717, 1.165) is 6.42 Å². The van der Waals surface area contributed by atoms with Gasteiger partial charge in [0.2, 0.25) is 0 Å². The van der Waals surface area contributed by atoms with Gasteiger partial charge in [-0.25, -0.2) is 4.79 Å². The molecule has 0 saturated carbocycles. The highest BCUT2D eigenvalue weighted by molar-refractivity contribution is 9.10. The Balaban J connectivity index is 1.59. The molecule has 0 aliphatic rings. The van der Waals surface area contributed by atoms with Gasteiger partial charge < -0.3 is 9.47 Å². The minimum absolute atomic E-state index is 0.433. The molecule has 132 valence electrons. The predicted molar refractivity (Wildman–Crippen MR) is 106 cm³/mol. The van der Waals surface area contributed by atoms with E-state index in [4.69, 9.17) is 21.1 Å². The fraction of sp³-hybridized carbons (Fsp3) is 0.0952. The molecule has 0 N–H and O–H groups in total. The molecule has 0 bridgehead atoms. The van der Waals surface area contributed by atoms with Crippen LogP contribution in [0, 0.1) is 0 Å². The van der Waals surface area contributed by atoms with Gasteiger partial charge in [-0.3, -0.25) is 0 Å². The van der Waals surface area contributed by atoms with Crippen molar-refractivity contribution in [2.24, 2.45) is 0 Å². The molecule has 0 aromatic heterocycles. The molecule has 0 aliphatic heterocycles. The van der Waals surface area contributed by atoms with E-state index in [1.54, 1.807) is 42.5 Å². The smallest absolute Gasteiger partial charge is 0.343 e. The molecule has 3 nitrogen and oxygen atoms in total. The molecule has 0 fully saturated rings. The third kappa shape index (κ3) is 5.10. The van der Waals surface area contributed by atoms with Crippen molar-refractivity contribution in [3.63, 3.8) is 0 Å². The molecule has 0 heterocycles. The van der Waals surface area contributed by atoms with Crippen molar-refractivity contribution in [1.82, 2.24) is 0 Å². The first-order valence-corrected chi connectivity index (χ1v) is 9.23. The number of ether oxygens (including phenoxy) is 2. The van der Waals surface area contributed by atoms with Gasteiger partial charge in [-0.1, -0.05) is 41.9 Å². The van der Waals surface area contributed by atoms with Crippen LogP contribution in [0.2, 0.25) is 5.02 Å². The molecule has 0 radical (unpaired) electrons. The largest absolute Gasteiger partial charge is 0.492 e. The van der Waals surface area contributed by atoms with Crippen LogP contribution >= 0.6 is 27.5 Å². The molecule has 3 aromatic rings. The van der Waals surface area contributed by atoms with Gasteiger partial charge in [0.15, 0.2) is 0 Å². The molecule has 3 rings (SSSR count). The lowest BCUT2D eigenvalue weighted by Gasteiger charge is -2.10. The molecular weight excluding hydrogens is 416 g/mol. The molecule has 26 heavy (non-hydrogen) atoms. The van der Waals surface area contributed by atoms with Crippen molar-refractivity contribution in [2.75, 3.05) is 6.61 Å². The van der Waals surface area contributed by atoms with E-state index in [-0.39, 0.29) is 0 Å². The second kappa shape index (κ2) is 8.88. The fourth-order valence-electron chi connectivity index (χ4n) is 2.34. The summed E-state index contributed by atoms with van der Waals surface area (Å²) in [5.41, 5.74) is 1.65. The van der Waals surface area contributed by atoms with Crippen molar-refractivity contribution in [3.8, 4) is 11.5 Å². The third-order valence-corrected chi connectivity index (χ3v) is 4.55. The molecule has 0 saturated heterocycles. The van der Waals surface area contributed by atoms with Crippen molar-refractivity contribution in [3.05, 3.63) is 93.4 Å². The van der Waals surface area contributed by atoms with E-state index >= 15 is 0 Å². The Kier molecular flexibility index (Phi) is 6.31. The summed E-state index contributed by atoms with van der Waals surface area (Å²) in [6.07, 6.45) is 0.813. The standard InChI is InChI=1S/C21H16BrClO3/c22-19-14-16(21(24)26-18-9-7-17(23)8-10-18)6-11-20(19)25-13-12-15-4-2-1-3-5-15/h1-11,14H,12-13H2. The maximum absolute atomic E-state index is 12.2. The van der Waals surface area contributed by atoms with Gasteiger partial charge in [0.25, 0.3) is 0 Å². The highest BCUT2D eigenvalue weighted by Gasteiger charge is 2.12. The predicted octanol–water partition coefficient (Wildman–Crippen LogP) is 5.94. The van der Waals surface area contributed by atoms with Crippen molar-refractivity contribution < 1.29 is 14.3 Å². The summed E-state index contributed by atoms with van der Waals surface area (Å²) in [7, 11) is 0. The van der Waals surface area contributed by atoms with Crippen molar-refractivity contribution in [1.29, 1.82) is 0 Å². The third-order valence-electron chi connectivity index (χ3n) is 3.68. The Bertz CT molecular complexity index is 880. The molecule has 0 atom stereocenters. The van der Waals surface area contributed by atoms with Crippen LogP contribution in [0.3, 0.4) is 0 Å². The van der Waals surface area contributed by atoms with Gasteiger partial charge >= 0.3 is 5.97 Å². The van der Waals surface area contributed by atoms with E-state index < -0.39 is 5.97 Å². The normalized spacial score (nSPS) is 10.4. The monoisotopic (exact) mass is 430 g/mol. The van der Waals surface area contributed by atoms with E-state index in [2.05, 4.69) is 28.1 Å². The van der Waals surface area contributed by atoms with E-state index in [9.17, 15) is 4.79 Å². The summed E-state index contributed by atoms with van der Waals surface area (Å²) in [6.45, 7) is 0.553. The highest BCUT2D eigenvalue weighted by Crippen LogP contribution is 2.27. The second-order valence-corrected chi connectivity index (χ2v) is 6.86. The minimum atomic E-state index is -0.441. The Hall–Kier alpha value is -2.30. The van der Waals surface area contributed by atoms with Gasteiger partial charge in [-0.15, -0.1) is 0 Å². The maximum Gasteiger partial charge on any atom is 0.343 e. The van der Waals surface area contributed by atoms with Gasteiger partial charge in [0.05, 0.1) is 16.6 Å². The topological polar surface area (TPSA) is 35.5 Å². The summed E-state index contributed by atoms with van der Waals surface area (Å²) in [6, 6.07) is 21.9. The summed E-state index contributed by atoms with van der Waals surface area (Å²) >= 11 is 9.27. The number of carbonyl (C=O) groups is 1. The zero-order valence-corrected chi connectivity index (χ0v) is 16.2. The number of hydrogen-bond acceptors (Lipinski definition) is 3. The van der Waals surface area contributed by atoms with Crippen LogP contribution in [-0.4, -0.2) is 12.6 Å². The van der Waals surface area contributed by atoms with E-state index in [0.29, 0.717) is 33.2 Å². The maximum atomic E-state index is 12.2. The van der Waals surface area contributed by atoms with Crippen LogP contribution in [0.1, 0.15) is 15.9 Å². The van der Waals surface area contributed by atoms with Crippen LogP contribution in [-0.2, 0) is 6.42 Å². The van der Waals surface area contributed by atoms with Crippen molar-refractivity contribution in [2.45, 2.75) is 6.42 Å². The molecule has 0 unspecified atom stereocenters. The zero-order chi connectivity index (χ0) is 18.4. The highest BCUT2D eigenvalue weighted by atomic mass is 79.9. The van der Waals surface area contributed by atoms with Gasteiger partial charge in [-0.2, -0.15) is 0 Å². The Labute approximate surface area is 165 Å². The number of rotatable bonds is 6. The summed E-state index contributed by atoms with van der Waals surface area (Å²) in [5.74, 6) is 0.687. The number of esters is 1. The lowest BCUT2D eigenvalue weighted by molar-refractivity contribution is 0.0734. The molecule has 5 heteroatoms. The summed E-state index contributed by atoms with van der Waals surface area (Å²) in [5, 5.41) is 0.588. The quantitative estimate of drug-likeness (QED) is 0.358. The summed E-state index contributed by atoms with van der Waals surface area (Å²) in [4.78, 5) is 12.2. The average molecular weight is 432 g/mol. The number of carbonyl (C=O) groups excluding carboxylic acids is 1. The van der Waals surface area contributed by atoms with E-state index in [1.165, 1.54) is 5.56 Å². The number of hydrogen-bond donors (Lipinski definition) is 0. The van der Waals surface area contributed by atoms with Crippen LogP contribution < -0.4 is 9.47 Å². The SMILES string of the molecule is O=C(Oc1ccc(Cl)cc1)c1ccc(OCCc2ccccc2)c(Br)c1. The van der Waals surface area contributed by atoms with Crippen molar-refractivity contribution >= 4 is 33.5 Å².